The summed E-state index contributed by atoms with van der Waals surface area (Å²) in [6.07, 6.45) is 3.42. The molecule has 0 unspecified atom stereocenters. The fourth-order valence-electron chi connectivity index (χ4n) is 1.24. The number of amides is 1. The number of hydrazine groups is 1. The number of rotatable bonds is 4. The number of ether oxygens (including phenoxy) is 1. The zero-order valence-corrected chi connectivity index (χ0v) is 11.1. The lowest BCUT2D eigenvalue weighted by molar-refractivity contribution is 0.0501. The molecule has 0 aromatic heterocycles. The maximum atomic E-state index is 11.3. The van der Waals surface area contributed by atoms with Crippen LogP contribution in [0.2, 0.25) is 0 Å². The highest BCUT2D eigenvalue weighted by Gasteiger charge is 2.15. The molecule has 0 bridgehead atoms. The van der Waals surface area contributed by atoms with Gasteiger partial charge in [-0.3, -0.25) is 5.43 Å². The second-order valence-corrected chi connectivity index (χ2v) is 4.82. The van der Waals surface area contributed by atoms with Gasteiger partial charge < -0.3 is 4.74 Å². The molecule has 98 valence electrons. The van der Waals surface area contributed by atoms with Gasteiger partial charge in [0.1, 0.15) is 5.60 Å². The van der Waals surface area contributed by atoms with Crippen LogP contribution in [0.5, 0.6) is 0 Å². The van der Waals surface area contributed by atoms with Crippen LogP contribution in [-0.2, 0) is 4.74 Å². The molecule has 1 amide bonds. The first-order chi connectivity index (χ1) is 8.47. The summed E-state index contributed by atoms with van der Waals surface area (Å²) in [5, 5.41) is 0. The topological polar surface area (TPSA) is 50.4 Å². The van der Waals surface area contributed by atoms with Gasteiger partial charge in [-0.1, -0.05) is 42.5 Å². The maximum Gasteiger partial charge on any atom is 0.422 e. The Labute approximate surface area is 108 Å². The normalized spacial score (nSPS) is 11.5. The van der Waals surface area contributed by atoms with Gasteiger partial charge in [-0.25, -0.2) is 10.2 Å². The van der Waals surface area contributed by atoms with E-state index in [-0.39, 0.29) is 0 Å². The Morgan fingerprint density at radius 3 is 2.56 bits per heavy atom. The van der Waals surface area contributed by atoms with E-state index >= 15 is 0 Å². The van der Waals surface area contributed by atoms with Gasteiger partial charge in [-0.15, -0.1) is 0 Å². The molecule has 0 fully saturated rings. The first kappa shape index (κ1) is 14.3. The van der Waals surface area contributed by atoms with Crippen molar-refractivity contribution in [1.29, 1.82) is 0 Å². The van der Waals surface area contributed by atoms with Crippen LogP contribution in [0, 0.1) is 0 Å². The SMILES string of the molecule is CC(C)(C)OC(=O)NNCC=Cc1ccccc1. The first-order valence-electron chi connectivity index (χ1n) is 5.91. The highest BCUT2D eigenvalue weighted by molar-refractivity contribution is 5.67. The zero-order valence-electron chi connectivity index (χ0n) is 11.1. The number of carbonyl (C=O) groups excluding carboxylic acids is 1. The smallest absolute Gasteiger partial charge is 0.422 e. The van der Waals surface area contributed by atoms with E-state index in [1.165, 1.54) is 0 Å². The van der Waals surface area contributed by atoms with Crippen LogP contribution in [0.15, 0.2) is 36.4 Å². The number of hydrogen-bond acceptors (Lipinski definition) is 3. The van der Waals surface area contributed by atoms with Crippen LogP contribution in [-0.4, -0.2) is 18.2 Å². The third kappa shape index (κ3) is 6.70. The third-order valence-electron chi connectivity index (χ3n) is 1.92. The van der Waals surface area contributed by atoms with E-state index in [0.29, 0.717) is 6.54 Å². The largest absolute Gasteiger partial charge is 0.443 e. The minimum absolute atomic E-state index is 0.476. The summed E-state index contributed by atoms with van der Waals surface area (Å²) in [5.74, 6) is 0. The molecule has 0 radical (unpaired) electrons. The molecule has 0 heterocycles. The summed E-state index contributed by atoms with van der Waals surface area (Å²) >= 11 is 0. The van der Waals surface area contributed by atoms with Gasteiger partial charge in [-0.05, 0) is 26.3 Å². The molecule has 0 spiro atoms. The first-order valence-corrected chi connectivity index (χ1v) is 5.91. The number of nitrogens with one attached hydrogen (secondary N) is 2. The van der Waals surface area contributed by atoms with Crippen molar-refractivity contribution in [2.75, 3.05) is 6.54 Å². The standard InChI is InChI=1S/C14H20N2O2/c1-14(2,3)18-13(17)16-15-11-7-10-12-8-5-4-6-9-12/h4-10,15H,11H2,1-3H3,(H,16,17). The third-order valence-corrected chi connectivity index (χ3v) is 1.92. The summed E-state index contributed by atoms with van der Waals surface area (Å²) < 4.78 is 5.07. The fraction of sp³-hybridized carbons (Fsp3) is 0.357. The van der Waals surface area contributed by atoms with Crippen LogP contribution in [0.25, 0.3) is 6.08 Å². The Morgan fingerprint density at radius 1 is 1.28 bits per heavy atom. The summed E-state index contributed by atoms with van der Waals surface area (Å²) in [6, 6.07) is 9.95. The molecule has 4 heteroatoms. The van der Waals surface area contributed by atoms with E-state index in [4.69, 9.17) is 4.74 Å². The van der Waals surface area contributed by atoms with Crippen LogP contribution < -0.4 is 10.9 Å². The van der Waals surface area contributed by atoms with Crippen molar-refractivity contribution in [2.24, 2.45) is 0 Å². The highest BCUT2D eigenvalue weighted by atomic mass is 16.6. The second kappa shape index (κ2) is 6.81. The Hall–Kier alpha value is -1.81. The molecule has 2 N–H and O–H groups in total. The molecule has 4 nitrogen and oxygen atoms in total. The molecule has 1 aromatic rings. The Bertz CT molecular complexity index is 394. The molecule has 1 rings (SSSR count). The van der Waals surface area contributed by atoms with Crippen molar-refractivity contribution in [1.82, 2.24) is 10.9 Å². The second-order valence-electron chi connectivity index (χ2n) is 4.82. The van der Waals surface area contributed by atoms with Crippen molar-refractivity contribution in [3.05, 3.63) is 42.0 Å². The van der Waals surface area contributed by atoms with Crippen molar-refractivity contribution >= 4 is 12.2 Å². The van der Waals surface area contributed by atoms with E-state index in [9.17, 15) is 4.79 Å². The Balaban J connectivity index is 2.19. The number of carbonyl (C=O) groups is 1. The minimum Gasteiger partial charge on any atom is -0.443 e. The van der Waals surface area contributed by atoms with Gasteiger partial charge in [0.05, 0.1) is 0 Å². The predicted molar refractivity (Wildman–Crippen MR) is 72.8 cm³/mol. The molecule has 18 heavy (non-hydrogen) atoms. The quantitative estimate of drug-likeness (QED) is 0.636. The van der Waals surface area contributed by atoms with Gasteiger partial charge >= 0.3 is 6.09 Å². The molecular formula is C14H20N2O2. The molecule has 0 saturated carbocycles. The van der Waals surface area contributed by atoms with Crippen molar-refractivity contribution in [3.63, 3.8) is 0 Å². The van der Waals surface area contributed by atoms with Crippen LogP contribution in [0.1, 0.15) is 26.3 Å². The number of benzene rings is 1. The molecule has 0 aliphatic carbocycles. The van der Waals surface area contributed by atoms with E-state index in [2.05, 4.69) is 10.9 Å². The van der Waals surface area contributed by atoms with E-state index < -0.39 is 11.7 Å². The summed E-state index contributed by atoms with van der Waals surface area (Å²) in [5.41, 5.74) is 5.87. The lowest BCUT2D eigenvalue weighted by Gasteiger charge is -2.19. The maximum absolute atomic E-state index is 11.3. The van der Waals surface area contributed by atoms with Gasteiger partial charge in [0.2, 0.25) is 0 Å². The lowest BCUT2D eigenvalue weighted by atomic mass is 10.2. The Morgan fingerprint density at radius 2 is 1.94 bits per heavy atom. The molecule has 0 aliphatic rings. The average molecular weight is 248 g/mol. The van der Waals surface area contributed by atoms with Crippen molar-refractivity contribution < 1.29 is 9.53 Å². The summed E-state index contributed by atoms with van der Waals surface area (Å²) in [4.78, 5) is 11.3. The molecule has 0 aliphatic heterocycles. The zero-order chi connectivity index (χ0) is 13.4. The number of hydrogen-bond donors (Lipinski definition) is 2. The lowest BCUT2D eigenvalue weighted by Crippen LogP contribution is -2.41. The summed E-state index contributed by atoms with van der Waals surface area (Å²) in [6.45, 7) is 6.00. The van der Waals surface area contributed by atoms with E-state index in [1.54, 1.807) is 0 Å². The summed E-state index contributed by atoms with van der Waals surface area (Å²) in [7, 11) is 0. The van der Waals surface area contributed by atoms with Crippen LogP contribution in [0.4, 0.5) is 4.79 Å². The molecule has 1 aromatic carbocycles. The van der Waals surface area contributed by atoms with Crippen LogP contribution in [0.3, 0.4) is 0 Å². The van der Waals surface area contributed by atoms with E-state index in [0.717, 1.165) is 5.56 Å². The molecular weight excluding hydrogens is 228 g/mol. The molecule has 0 atom stereocenters. The van der Waals surface area contributed by atoms with Gasteiger partial charge in [0.25, 0.3) is 0 Å². The van der Waals surface area contributed by atoms with Gasteiger partial charge in [0, 0.05) is 6.54 Å². The minimum atomic E-state index is -0.481. The van der Waals surface area contributed by atoms with Gasteiger partial charge in [-0.2, -0.15) is 0 Å². The van der Waals surface area contributed by atoms with E-state index in [1.807, 2.05) is 63.3 Å². The van der Waals surface area contributed by atoms with Gasteiger partial charge in [0.15, 0.2) is 0 Å². The molecule has 0 saturated heterocycles. The predicted octanol–water partition coefficient (Wildman–Crippen LogP) is 2.73. The average Bonchev–Trinajstić information content (AvgIpc) is 2.27. The monoisotopic (exact) mass is 248 g/mol. The Kier molecular flexibility index (Phi) is 5.39. The van der Waals surface area contributed by atoms with Crippen molar-refractivity contribution in [2.45, 2.75) is 26.4 Å². The highest BCUT2D eigenvalue weighted by Crippen LogP contribution is 2.05. The fourth-order valence-corrected chi connectivity index (χ4v) is 1.24. The van der Waals surface area contributed by atoms with Crippen molar-refractivity contribution in [3.8, 4) is 0 Å². The van der Waals surface area contributed by atoms with Crippen LogP contribution >= 0.6 is 0 Å².